The van der Waals surface area contributed by atoms with Gasteiger partial charge in [-0.2, -0.15) is 5.10 Å². The second-order valence-electron chi connectivity index (χ2n) is 5.54. The van der Waals surface area contributed by atoms with Gasteiger partial charge < -0.3 is 10.2 Å². The number of amides is 1. The molecule has 136 valence electrons. The predicted molar refractivity (Wildman–Crippen MR) is 107 cm³/mol. The number of nitrogens with one attached hydrogen (secondary N) is 1. The van der Waals surface area contributed by atoms with E-state index in [1.165, 1.54) is 30.5 Å². The molecule has 0 unspecified atom stereocenters. The van der Waals surface area contributed by atoms with Crippen molar-refractivity contribution in [1.29, 1.82) is 0 Å². The average Bonchev–Trinajstić information content (AvgIpc) is 2.66. The van der Waals surface area contributed by atoms with E-state index in [-0.39, 0.29) is 37.5 Å². The van der Waals surface area contributed by atoms with Crippen molar-refractivity contribution < 1.29 is 15.0 Å². The van der Waals surface area contributed by atoms with Gasteiger partial charge in [-0.3, -0.25) is 4.79 Å². The number of carbonyl (C=O) groups is 1. The van der Waals surface area contributed by atoms with Crippen LogP contribution in [0.2, 0.25) is 14.9 Å². The first-order valence-corrected chi connectivity index (χ1v) is 14.1. The Morgan fingerprint density at radius 3 is 2.48 bits per heavy atom. The summed E-state index contributed by atoms with van der Waals surface area (Å²) in [6, 6.07) is 14.4. The van der Waals surface area contributed by atoms with Crippen LogP contribution in [0, 0.1) is 0 Å². The zero-order valence-electron chi connectivity index (χ0n) is 14.8. The summed E-state index contributed by atoms with van der Waals surface area (Å²) in [5, 5.41) is 29.4. The van der Waals surface area contributed by atoms with Crippen LogP contribution in [0.3, 0.4) is 0 Å². The van der Waals surface area contributed by atoms with Gasteiger partial charge in [0.1, 0.15) is 0 Å². The Labute approximate surface area is 172 Å². The van der Waals surface area contributed by atoms with Crippen molar-refractivity contribution in [3.63, 3.8) is 0 Å². The number of rotatable bonds is 3. The van der Waals surface area contributed by atoms with E-state index in [2.05, 4.69) is 20.4 Å². The van der Waals surface area contributed by atoms with E-state index >= 15 is 0 Å². The molecule has 0 bridgehead atoms. The fraction of sp³-hybridized carbons (Fsp3) is 0.100. The molecule has 0 radical (unpaired) electrons. The summed E-state index contributed by atoms with van der Waals surface area (Å²) < 4.78 is 0. The number of hydrogen-bond donors (Lipinski definition) is 1. The Morgan fingerprint density at radius 1 is 1.07 bits per heavy atom. The third-order valence-corrected chi connectivity index (χ3v) is 3.71. The van der Waals surface area contributed by atoms with Gasteiger partial charge in [0.2, 0.25) is 0 Å². The monoisotopic (exact) mass is 488 g/mol. The van der Waals surface area contributed by atoms with Crippen molar-refractivity contribution in [3.05, 3.63) is 70.7 Å². The SMILES string of the molecule is O=C(N/N=C/c1c([O-])ccc2ccccc12)c1cc(Cl)ccc1[O-].[CH3][Sn+2][CH3]. The van der Waals surface area contributed by atoms with E-state index in [0.29, 0.717) is 5.56 Å². The standard InChI is InChI=1S/C18H13ClN2O3.2CH3.Sn/c19-12-6-8-16(22)14(9-12)18(24)21-20-10-15-13-4-2-1-3-11(13)5-7-17(15)23;;;/h1-10,22-23H,(H,21,24);2*1H3;/q;;;+2/p-2/b20-10+;;;. The Morgan fingerprint density at radius 2 is 1.74 bits per heavy atom. The van der Waals surface area contributed by atoms with Crippen molar-refractivity contribution >= 4 is 55.6 Å². The van der Waals surface area contributed by atoms with Crippen LogP contribution >= 0.6 is 11.6 Å². The van der Waals surface area contributed by atoms with Crippen LogP contribution in [0.4, 0.5) is 0 Å². The molecule has 0 aromatic heterocycles. The summed E-state index contributed by atoms with van der Waals surface area (Å²) in [4.78, 5) is 16.6. The zero-order valence-corrected chi connectivity index (χ0v) is 18.4. The number of halogens is 1. The first-order chi connectivity index (χ1) is 13.0. The van der Waals surface area contributed by atoms with E-state index in [9.17, 15) is 15.0 Å². The Hall–Kier alpha value is -2.25. The number of hydrazone groups is 1. The van der Waals surface area contributed by atoms with Gasteiger partial charge in [0.15, 0.2) is 0 Å². The van der Waals surface area contributed by atoms with Crippen LogP contribution < -0.4 is 15.6 Å². The molecule has 5 nitrogen and oxygen atoms in total. The van der Waals surface area contributed by atoms with Crippen LogP contribution in [0.5, 0.6) is 11.5 Å². The zero-order chi connectivity index (χ0) is 19.8. The predicted octanol–water partition coefficient (Wildman–Crippen LogP) is 3.19. The topological polar surface area (TPSA) is 87.6 Å². The molecule has 0 spiro atoms. The molecular weight excluding hydrogens is 470 g/mol. The summed E-state index contributed by atoms with van der Waals surface area (Å²) in [6.07, 6.45) is 1.28. The molecule has 7 heteroatoms. The Kier molecular flexibility index (Phi) is 7.94. The fourth-order valence-electron chi connectivity index (χ4n) is 2.30. The van der Waals surface area contributed by atoms with Gasteiger partial charge in [-0.15, -0.1) is 0 Å². The van der Waals surface area contributed by atoms with Crippen LogP contribution in [0.15, 0.2) is 59.7 Å². The third kappa shape index (κ3) is 5.61. The maximum absolute atomic E-state index is 12.0. The Bertz CT molecular complexity index is 977. The first-order valence-electron chi connectivity index (χ1n) is 8.05. The summed E-state index contributed by atoms with van der Waals surface area (Å²) in [5.74, 6) is -1.35. The molecule has 0 aliphatic rings. The fourth-order valence-corrected chi connectivity index (χ4v) is 2.48. The van der Waals surface area contributed by atoms with Gasteiger partial charge in [0.05, 0.1) is 6.21 Å². The van der Waals surface area contributed by atoms with Gasteiger partial charge in [0, 0.05) is 10.6 Å². The summed E-state index contributed by atoms with van der Waals surface area (Å²) >= 11 is 6.01. The van der Waals surface area contributed by atoms with Crippen LogP contribution in [0.25, 0.3) is 10.8 Å². The molecule has 0 fully saturated rings. The van der Waals surface area contributed by atoms with E-state index in [1.54, 1.807) is 12.1 Å². The molecule has 3 rings (SSSR count). The van der Waals surface area contributed by atoms with Gasteiger partial charge in [-0.25, -0.2) is 5.43 Å². The third-order valence-electron chi connectivity index (χ3n) is 3.48. The van der Waals surface area contributed by atoms with Crippen molar-refractivity contribution in [2.45, 2.75) is 9.88 Å². The van der Waals surface area contributed by atoms with E-state index in [0.717, 1.165) is 10.8 Å². The number of nitrogens with zero attached hydrogens (tertiary/aromatic N) is 1. The van der Waals surface area contributed by atoms with Crippen molar-refractivity contribution in [2.24, 2.45) is 5.10 Å². The molecule has 0 saturated heterocycles. The summed E-state index contributed by atoms with van der Waals surface area (Å²) in [5.41, 5.74) is 2.49. The maximum atomic E-state index is 12.0. The van der Waals surface area contributed by atoms with Crippen molar-refractivity contribution in [2.75, 3.05) is 0 Å². The minimum absolute atomic E-state index is 0.111. The van der Waals surface area contributed by atoms with Crippen LogP contribution in [-0.4, -0.2) is 33.3 Å². The molecule has 0 atom stereocenters. The van der Waals surface area contributed by atoms with E-state index in [4.69, 9.17) is 11.6 Å². The normalized spacial score (nSPS) is 10.2. The quantitative estimate of drug-likeness (QED) is 0.350. The molecule has 0 heterocycles. The minimum atomic E-state index is -0.688. The molecule has 27 heavy (non-hydrogen) atoms. The molecule has 0 saturated carbocycles. The summed E-state index contributed by atoms with van der Waals surface area (Å²) in [6.45, 7) is 0. The van der Waals surface area contributed by atoms with Crippen molar-refractivity contribution in [1.82, 2.24) is 5.43 Å². The molecule has 0 aliphatic heterocycles. The van der Waals surface area contributed by atoms with Crippen LogP contribution in [0.1, 0.15) is 15.9 Å². The van der Waals surface area contributed by atoms with E-state index in [1.807, 2.05) is 18.2 Å². The number of hydrogen-bond acceptors (Lipinski definition) is 4. The van der Waals surface area contributed by atoms with E-state index < -0.39 is 11.7 Å². The average molecular weight is 488 g/mol. The number of fused-ring (bicyclic) bond motifs is 1. The number of benzene rings is 3. The van der Waals surface area contributed by atoms with Gasteiger partial charge >= 0.3 is 31.0 Å². The van der Waals surface area contributed by atoms with Gasteiger partial charge in [0.25, 0.3) is 5.91 Å². The second-order valence-corrected chi connectivity index (χ2v) is 8.83. The molecule has 3 aromatic carbocycles. The second kappa shape index (κ2) is 10.2. The van der Waals surface area contributed by atoms with Gasteiger partial charge in [-0.05, 0) is 28.5 Å². The molecule has 1 N–H and O–H groups in total. The van der Waals surface area contributed by atoms with Crippen LogP contribution in [-0.2, 0) is 0 Å². The van der Waals surface area contributed by atoms with Crippen molar-refractivity contribution in [3.8, 4) is 11.5 Å². The van der Waals surface area contributed by atoms with Gasteiger partial charge in [-0.1, -0.05) is 65.6 Å². The first kappa shape index (κ1) is 21.1. The summed E-state index contributed by atoms with van der Waals surface area (Å²) in [7, 11) is 0. The molecule has 1 amide bonds. The number of carbonyl (C=O) groups excluding carboxylic acids is 1. The Balaban J connectivity index is 0.000000817. The molecule has 0 aliphatic carbocycles. The molecule has 3 aromatic rings. The molecular formula is C20H17ClN2O3Sn.